The summed E-state index contributed by atoms with van der Waals surface area (Å²) >= 11 is 7.06. The SMILES string of the molecule is O=C(O)CCCCCCc1cc(Cl)ccc1Oc1cc(F)c(S(=O)(=O)Nc2nccs2)cc1F. The Morgan fingerprint density at radius 2 is 1.85 bits per heavy atom. The molecule has 0 saturated carbocycles. The molecule has 2 N–H and O–H groups in total. The number of nitrogens with zero attached hydrogens (tertiary/aromatic N) is 1. The van der Waals surface area contributed by atoms with Crippen molar-refractivity contribution in [3.05, 3.63) is 64.1 Å². The van der Waals surface area contributed by atoms with Gasteiger partial charge in [0.1, 0.15) is 16.5 Å². The summed E-state index contributed by atoms with van der Waals surface area (Å²) in [6.07, 6.45) is 4.82. The molecular weight excluding hydrogens is 510 g/mol. The lowest BCUT2D eigenvalue weighted by atomic mass is 10.0. The number of benzene rings is 2. The van der Waals surface area contributed by atoms with Crippen molar-refractivity contribution < 1.29 is 31.8 Å². The van der Waals surface area contributed by atoms with Crippen LogP contribution in [-0.4, -0.2) is 24.5 Å². The summed E-state index contributed by atoms with van der Waals surface area (Å²) in [5.74, 6) is -3.30. The van der Waals surface area contributed by atoms with Crippen LogP contribution in [-0.2, 0) is 21.2 Å². The number of halogens is 3. The normalized spacial score (nSPS) is 11.4. The molecule has 2 aromatic carbocycles. The molecule has 0 amide bonds. The van der Waals surface area contributed by atoms with Gasteiger partial charge < -0.3 is 9.84 Å². The van der Waals surface area contributed by atoms with Crippen molar-refractivity contribution in [1.82, 2.24) is 4.98 Å². The van der Waals surface area contributed by atoms with Crippen molar-refractivity contribution in [2.45, 2.75) is 43.4 Å². The van der Waals surface area contributed by atoms with E-state index in [-0.39, 0.29) is 17.3 Å². The van der Waals surface area contributed by atoms with Gasteiger partial charge in [-0.05, 0) is 43.0 Å². The molecule has 12 heteroatoms. The van der Waals surface area contributed by atoms with Crippen LogP contribution in [0.3, 0.4) is 0 Å². The zero-order valence-corrected chi connectivity index (χ0v) is 20.2. The average Bonchev–Trinajstić information content (AvgIpc) is 3.26. The lowest BCUT2D eigenvalue weighted by Gasteiger charge is -2.14. The Balaban J connectivity index is 1.74. The molecule has 3 aromatic rings. The highest BCUT2D eigenvalue weighted by atomic mass is 35.5. The molecule has 0 radical (unpaired) electrons. The maximum atomic E-state index is 14.7. The highest BCUT2D eigenvalue weighted by Gasteiger charge is 2.24. The summed E-state index contributed by atoms with van der Waals surface area (Å²) < 4.78 is 61.9. The Hall–Kier alpha value is -2.76. The zero-order chi connectivity index (χ0) is 24.7. The molecule has 7 nitrogen and oxygen atoms in total. The minimum absolute atomic E-state index is 0.0221. The molecule has 1 aromatic heterocycles. The summed E-state index contributed by atoms with van der Waals surface area (Å²) in [6, 6.07) is 5.94. The van der Waals surface area contributed by atoms with Crippen molar-refractivity contribution in [2.75, 3.05) is 4.72 Å². The number of aliphatic carboxylic acids is 1. The molecule has 1 heterocycles. The third kappa shape index (κ3) is 7.12. The van der Waals surface area contributed by atoms with Gasteiger partial charge in [-0.1, -0.05) is 24.4 Å². The van der Waals surface area contributed by atoms with E-state index in [4.69, 9.17) is 21.4 Å². The van der Waals surface area contributed by atoms with Crippen LogP contribution in [0, 0.1) is 11.6 Å². The van der Waals surface area contributed by atoms with E-state index in [1.807, 2.05) is 0 Å². The third-order valence-corrected chi connectivity index (χ3v) is 7.17. The number of unbranched alkanes of at least 4 members (excludes halogenated alkanes) is 3. The molecule has 0 bridgehead atoms. The maximum absolute atomic E-state index is 14.7. The Morgan fingerprint density at radius 1 is 1.09 bits per heavy atom. The molecule has 0 atom stereocenters. The van der Waals surface area contributed by atoms with Crippen molar-refractivity contribution in [1.29, 1.82) is 0 Å². The zero-order valence-electron chi connectivity index (χ0n) is 17.8. The van der Waals surface area contributed by atoms with E-state index in [0.29, 0.717) is 42.0 Å². The van der Waals surface area contributed by atoms with E-state index < -0.39 is 38.3 Å². The van der Waals surface area contributed by atoms with Gasteiger partial charge >= 0.3 is 5.97 Å². The monoisotopic (exact) mass is 530 g/mol. The fourth-order valence-electron chi connectivity index (χ4n) is 3.14. The second-order valence-corrected chi connectivity index (χ2v) is 10.3. The number of anilines is 1. The van der Waals surface area contributed by atoms with E-state index in [1.54, 1.807) is 6.07 Å². The molecule has 0 aliphatic heterocycles. The van der Waals surface area contributed by atoms with E-state index in [0.717, 1.165) is 24.2 Å². The second kappa shape index (κ2) is 11.6. The Kier molecular flexibility index (Phi) is 8.81. The molecular formula is C22H21ClF2N2O5S2. The smallest absolute Gasteiger partial charge is 0.303 e. The molecule has 0 spiro atoms. The number of aryl methyl sites for hydroxylation is 1. The van der Waals surface area contributed by atoms with Crippen LogP contribution in [0.2, 0.25) is 5.02 Å². The van der Waals surface area contributed by atoms with Crippen molar-refractivity contribution in [3.63, 3.8) is 0 Å². The fraction of sp³-hybridized carbons (Fsp3) is 0.273. The number of rotatable bonds is 12. The summed E-state index contributed by atoms with van der Waals surface area (Å²) in [5.41, 5.74) is 0.660. The summed E-state index contributed by atoms with van der Waals surface area (Å²) in [6.45, 7) is 0. The first kappa shape index (κ1) is 25.9. The third-order valence-electron chi connectivity index (χ3n) is 4.76. The average molecular weight is 531 g/mol. The Labute approximate surface area is 204 Å². The van der Waals surface area contributed by atoms with Crippen LogP contribution in [0.25, 0.3) is 0 Å². The van der Waals surface area contributed by atoms with Gasteiger partial charge in [0.2, 0.25) is 0 Å². The molecule has 0 aliphatic carbocycles. The van der Waals surface area contributed by atoms with Gasteiger partial charge in [0.25, 0.3) is 10.0 Å². The predicted molar refractivity (Wildman–Crippen MR) is 125 cm³/mol. The highest BCUT2D eigenvalue weighted by Crippen LogP contribution is 2.33. The number of carboxylic acids is 1. The topological polar surface area (TPSA) is 106 Å². The number of hydrogen-bond acceptors (Lipinski definition) is 6. The molecule has 0 fully saturated rings. The van der Waals surface area contributed by atoms with Crippen molar-refractivity contribution >= 4 is 44.1 Å². The van der Waals surface area contributed by atoms with Crippen LogP contribution in [0.5, 0.6) is 11.5 Å². The number of nitrogens with one attached hydrogen (secondary N) is 1. The standard InChI is InChI=1S/C22H21ClF2N2O5S2/c23-15-7-8-18(14(11-15)5-3-1-2-4-6-21(28)29)32-19-12-17(25)20(13-16(19)24)34(30,31)27-22-26-9-10-33-22/h7-13H,1-6H2,(H,26,27)(H,28,29). The van der Waals surface area contributed by atoms with Gasteiger partial charge in [-0.3, -0.25) is 9.52 Å². The van der Waals surface area contributed by atoms with E-state index >= 15 is 0 Å². The van der Waals surface area contributed by atoms with Gasteiger partial charge in [0.05, 0.1) is 0 Å². The summed E-state index contributed by atoms with van der Waals surface area (Å²) in [7, 11) is -4.39. The number of carbonyl (C=O) groups is 1. The number of aromatic nitrogens is 1. The fourth-order valence-corrected chi connectivity index (χ4v) is 5.20. The molecule has 0 aliphatic rings. The van der Waals surface area contributed by atoms with Crippen molar-refractivity contribution in [2.24, 2.45) is 0 Å². The molecule has 0 saturated heterocycles. The van der Waals surface area contributed by atoms with Crippen LogP contribution >= 0.6 is 22.9 Å². The van der Waals surface area contributed by atoms with Crippen LogP contribution in [0.15, 0.2) is 46.8 Å². The number of sulfonamides is 1. The lowest BCUT2D eigenvalue weighted by molar-refractivity contribution is -0.137. The van der Waals surface area contributed by atoms with Gasteiger partial charge in [-0.25, -0.2) is 22.2 Å². The Bertz CT molecular complexity index is 1250. The molecule has 3 rings (SSSR count). The second-order valence-electron chi connectivity index (χ2n) is 7.32. The maximum Gasteiger partial charge on any atom is 0.303 e. The van der Waals surface area contributed by atoms with Gasteiger partial charge in [0.15, 0.2) is 16.7 Å². The van der Waals surface area contributed by atoms with E-state index in [9.17, 15) is 22.0 Å². The molecule has 182 valence electrons. The van der Waals surface area contributed by atoms with E-state index in [2.05, 4.69) is 9.71 Å². The number of carboxylic acid groups (broad SMARTS) is 1. The van der Waals surface area contributed by atoms with Crippen LogP contribution < -0.4 is 9.46 Å². The largest absolute Gasteiger partial charge is 0.481 e. The lowest BCUT2D eigenvalue weighted by Crippen LogP contribution is -2.15. The first-order valence-electron chi connectivity index (χ1n) is 10.2. The predicted octanol–water partition coefficient (Wildman–Crippen LogP) is 6.25. The number of hydrogen-bond donors (Lipinski definition) is 2. The van der Waals surface area contributed by atoms with Gasteiger partial charge in [-0.2, -0.15) is 0 Å². The van der Waals surface area contributed by atoms with Crippen molar-refractivity contribution in [3.8, 4) is 11.5 Å². The van der Waals surface area contributed by atoms with Crippen LogP contribution in [0.4, 0.5) is 13.9 Å². The Morgan fingerprint density at radius 3 is 2.56 bits per heavy atom. The minimum Gasteiger partial charge on any atom is -0.481 e. The highest BCUT2D eigenvalue weighted by molar-refractivity contribution is 7.93. The number of thiazole rings is 1. The first-order chi connectivity index (χ1) is 16.2. The van der Waals surface area contributed by atoms with Gasteiger partial charge in [0, 0.05) is 35.2 Å². The summed E-state index contributed by atoms with van der Waals surface area (Å²) in [5, 5.41) is 10.7. The van der Waals surface area contributed by atoms with Crippen LogP contribution in [0.1, 0.15) is 37.7 Å². The molecule has 0 unspecified atom stereocenters. The van der Waals surface area contributed by atoms with E-state index in [1.165, 1.54) is 23.7 Å². The molecule has 34 heavy (non-hydrogen) atoms. The van der Waals surface area contributed by atoms with Gasteiger partial charge in [-0.15, -0.1) is 11.3 Å². The quantitative estimate of drug-likeness (QED) is 0.268. The number of ether oxygens (including phenoxy) is 1. The minimum atomic E-state index is -4.39. The first-order valence-corrected chi connectivity index (χ1v) is 13.0. The summed E-state index contributed by atoms with van der Waals surface area (Å²) in [4.78, 5) is 13.5.